The third-order valence-corrected chi connectivity index (χ3v) is 6.46. The Morgan fingerprint density at radius 1 is 1.23 bits per heavy atom. The van der Waals surface area contributed by atoms with Gasteiger partial charge in [-0.05, 0) is 49.8 Å². The molecule has 0 aliphatic carbocycles. The first-order chi connectivity index (χ1) is 14.5. The predicted molar refractivity (Wildman–Crippen MR) is 113 cm³/mol. The van der Waals surface area contributed by atoms with Crippen molar-refractivity contribution in [3.05, 3.63) is 69.6 Å². The molecule has 2 saturated heterocycles. The first-order valence-corrected chi connectivity index (χ1v) is 10.6. The van der Waals surface area contributed by atoms with E-state index in [1.165, 1.54) is 0 Å². The largest absolute Gasteiger partial charge is 0.376 e. The van der Waals surface area contributed by atoms with Gasteiger partial charge in [0.2, 0.25) is 0 Å². The van der Waals surface area contributed by atoms with Gasteiger partial charge in [0.1, 0.15) is 5.56 Å². The van der Waals surface area contributed by atoms with Crippen molar-refractivity contribution in [2.24, 2.45) is 0 Å². The van der Waals surface area contributed by atoms with Gasteiger partial charge in [0.25, 0.3) is 11.5 Å². The SMILES string of the molecule is Cc1ccn(CC2CCCO2)c(=O)c1C(=O)N1CCC(C#N)(c2ccccc2)CC1. The molecule has 2 aromatic rings. The van der Waals surface area contributed by atoms with Crippen LogP contribution in [0.3, 0.4) is 0 Å². The van der Waals surface area contributed by atoms with Crippen molar-refractivity contribution in [2.45, 2.75) is 50.7 Å². The normalized spacial score (nSPS) is 20.7. The summed E-state index contributed by atoms with van der Waals surface area (Å²) < 4.78 is 7.25. The Morgan fingerprint density at radius 2 is 1.97 bits per heavy atom. The molecule has 1 amide bonds. The zero-order chi connectivity index (χ0) is 21.1. The lowest BCUT2D eigenvalue weighted by atomic mass is 9.74. The molecule has 0 bridgehead atoms. The average molecular weight is 405 g/mol. The molecule has 2 fully saturated rings. The van der Waals surface area contributed by atoms with Gasteiger partial charge in [-0.1, -0.05) is 30.3 Å². The summed E-state index contributed by atoms with van der Waals surface area (Å²) in [6.45, 7) is 3.93. The summed E-state index contributed by atoms with van der Waals surface area (Å²) in [5.74, 6) is -0.237. The summed E-state index contributed by atoms with van der Waals surface area (Å²) >= 11 is 0. The van der Waals surface area contributed by atoms with Gasteiger partial charge in [0.05, 0.1) is 24.1 Å². The summed E-state index contributed by atoms with van der Waals surface area (Å²) in [7, 11) is 0. The van der Waals surface area contributed by atoms with Gasteiger partial charge in [-0.15, -0.1) is 0 Å². The third-order valence-electron chi connectivity index (χ3n) is 6.46. The molecule has 1 aromatic heterocycles. The van der Waals surface area contributed by atoms with E-state index in [0.717, 1.165) is 25.0 Å². The highest BCUT2D eigenvalue weighted by Gasteiger charge is 2.38. The molecule has 1 atom stereocenters. The minimum absolute atomic E-state index is 0.0328. The van der Waals surface area contributed by atoms with Crippen molar-refractivity contribution in [1.29, 1.82) is 5.26 Å². The summed E-state index contributed by atoms with van der Waals surface area (Å²) in [5.41, 5.74) is 1.09. The monoisotopic (exact) mass is 405 g/mol. The van der Waals surface area contributed by atoms with E-state index >= 15 is 0 Å². The number of hydrogen-bond donors (Lipinski definition) is 0. The number of rotatable bonds is 4. The number of carbonyl (C=O) groups excluding carboxylic acids is 1. The van der Waals surface area contributed by atoms with Crippen LogP contribution in [0.25, 0.3) is 0 Å². The molecule has 4 rings (SSSR count). The Bertz CT molecular complexity index is 1010. The Morgan fingerprint density at radius 3 is 2.60 bits per heavy atom. The van der Waals surface area contributed by atoms with Crippen LogP contribution in [-0.2, 0) is 16.7 Å². The molecule has 0 N–H and O–H groups in total. The molecular weight excluding hydrogens is 378 g/mol. The fourth-order valence-corrected chi connectivity index (χ4v) is 4.55. The number of aromatic nitrogens is 1. The summed E-state index contributed by atoms with van der Waals surface area (Å²) in [6.07, 6.45) is 4.86. The maximum atomic E-state index is 13.3. The molecule has 30 heavy (non-hydrogen) atoms. The molecule has 1 aromatic carbocycles. The lowest BCUT2D eigenvalue weighted by Gasteiger charge is -2.37. The summed E-state index contributed by atoms with van der Waals surface area (Å²) in [5, 5.41) is 9.88. The molecule has 156 valence electrons. The van der Waals surface area contributed by atoms with E-state index in [4.69, 9.17) is 4.74 Å². The number of carbonyl (C=O) groups is 1. The van der Waals surface area contributed by atoms with Gasteiger partial charge in [0.15, 0.2) is 0 Å². The van der Waals surface area contributed by atoms with Crippen LogP contribution in [0.1, 0.15) is 47.2 Å². The van der Waals surface area contributed by atoms with Crippen molar-refractivity contribution in [3.8, 4) is 6.07 Å². The van der Waals surface area contributed by atoms with Crippen LogP contribution in [0.5, 0.6) is 0 Å². The second kappa shape index (κ2) is 8.45. The lowest BCUT2D eigenvalue weighted by Crippen LogP contribution is -2.46. The van der Waals surface area contributed by atoms with Crippen molar-refractivity contribution >= 4 is 5.91 Å². The van der Waals surface area contributed by atoms with Crippen LogP contribution >= 0.6 is 0 Å². The first-order valence-electron chi connectivity index (χ1n) is 10.6. The molecular formula is C24H27N3O3. The number of nitriles is 1. The molecule has 6 heteroatoms. The Balaban J connectivity index is 1.53. The van der Waals surface area contributed by atoms with Gasteiger partial charge >= 0.3 is 0 Å². The van der Waals surface area contributed by atoms with Crippen LogP contribution < -0.4 is 5.56 Å². The van der Waals surface area contributed by atoms with Crippen LogP contribution in [0.2, 0.25) is 0 Å². The van der Waals surface area contributed by atoms with Crippen LogP contribution in [0.4, 0.5) is 0 Å². The number of pyridine rings is 1. The molecule has 0 spiro atoms. The standard InChI is InChI=1S/C24H27N3O3/c1-18-9-12-27(16-20-8-5-15-30-20)23(29)21(18)22(28)26-13-10-24(17-25,11-14-26)19-6-3-2-4-7-19/h2-4,6-7,9,12,20H,5,8,10-11,13-16H2,1H3. The van der Waals surface area contributed by atoms with Crippen LogP contribution in [-0.4, -0.2) is 41.2 Å². The highest BCUT2D eigenvalue weighted by atomic mass is 16.5. The van der Waals surface area contributed by atoms with E-state index in [-0.39, 0.29) is 23.1 Å². The van der Waals surface area contributed by atoms with E-state index in [1.54, 1.807) is 22.6 Å². The second-order valence-corrected chi connectivity index (χ2v) is 8.32. The number of aryl methyl sites for hydroxylation is 1. The smallest absolute Gasteiger partial charge is 0.263 e. The summed E-state index contributed by atoms with van der Waals surface area (Å²) in [6, 6.07) is 14.1. The molecule has 2 aliphatic heterocycles. The number of likely N-dealkylation sites (tertiary alicyclic amines) is 1. The van der Waals surface area contributed by atoms with E-state index < -0.39 is 5.41 Å². The quantitative estimate of drug-likeness (QED) is 0.784. The van der Waals surface area contributed by atoms with Gasteiger partial charge in [0, 0.05) is 25.9 Å². The fraction of sp³-hybridized carbons (Fsp3) is 0.458. The zero-order valence-corrected chi connectivity index (χ0v) is 17.3. The Hall–Kier alpha value is -2.91. The maximum Gasteiger partial charge on any atom is 0.263 e. The number of hydrogen-bond acceptors (Lipinski definition) is 4. The zero-order valence-electron chi connectivity index (χ0n) is 17.3. The van der Waals surface area contributed by atoms with Crippen LogP contribution in [0.15, 0.2) is 47.4 Å². The number of nitrogens with zero attached hydrogens (tertiary/aromatic N) is 3. The van der Waals surface area contributed by atoms with E-state index in [9.17, 15) is 14.9 Å². The van der Waals surface area contributed by atoms with Gasteiger partial charge < -0.3 is 14.2 Å². The van der Waals surface area contributed by atoms with Crippen LogP contribution in [0, 0.1) is 18.3 Å². The van der Waals surface area contributed by atoms with Crippen molar-refractivity contribution in [1.82, 2.24) is 9.47 Å². The molecule has 6 nitrogen and oxygen atoms in total. The fourth-order valence-electron chi connectivity index (χ4n) is 4.55. The molecule has 0 saturated carbocycles. The first kappa shape index (κ1) is 20.4. The number of ether oxygens (including phenoxy) is 1. The highest BCUT2D eigenvalue weighted by Crippen LogP contribution is 2.35. The van der Waals surface area contributed by atoms with E-state index in [1.807, 2.05) is 36.4 Å². The third kappa shape index (κ3) is 3.78. The molecule has 1 unspecified atom stereocenters. The molecule has 3 heterocycles. The van der Waals surface area contributed by atoms with Gasteiger partial charge in [-0.2, -0.15) is 5.26 Å². The topological polar surface area (TPSA) is 75.3 Å². The van der Waals surface area contributed by atoms with Crippen molar-refractivity contribution in [3.63, 3.8) is 0 Å². The Kier molecular flexibility index (Phi) is 5.74. The number of piperidine rings is 1. The lowest BCUT2D eigenvalue weighted by molar-refractivity contribution is 0.0686. The number of benzene rings is 1. The van der Waals surface area contributed by atoms with Gasteiger partial charge in [-0.25, -0.2) is 0 Å². The maximum absolute atomic E-state index is 13.3. The molecule has 2 aliphatic rings. The van der Waals surface area contributed by atoms with Gasteiger partial charge in [-0.3, -0.25) is 9.59 Å². The van der Waals surface area contributed by atoms with Crippen molar-refractivity contribution in [2.75, 3.05) is 19.7 Å². The average Bonchev–Trinajstić information content (AvgIpc) is 3.29. The van der Waals surface area contributed by atoms with E-state index in [0.29, 0.717) is 38.0 Å². The highest BCUT2D eigenvalue weighted by molar-refractivity contribution is 5.95. The minimum atomic E-state index is -0.580. The molecule has 0 radical (unpaired) electrons. The number of amides is 1. The summed E-state index contributed by atoms with van der Waals surface area (Å²) in [4.78, 5) is 28.1. The van der Waals surface area contributed by atoms with Crippen molar-refractivity contribution < 1.29 is 9.53 Å². The predicted octanol–water partition coefficient (Wildman–Crippen LogP) is 3.03. The second-order valence-electron chi connectivity index (χ2n) is 8.32. The minimum Gasteiger partial charge on any atom is -0.376 e. The van der Waals surface area contributed by atoms with E-state index in [2.05, 4.69) is 6.07 Å². The Labute approximate surface area is 176 Å².